The number of nitro groups is 1. The van der Waals surface area contributed by atoms with E-state index in [0.29, 0.717) is 10.6 Å². The molecule has 21 heavy (non-hydrogen) atoms. The van der Waals surface area contributed by atoms with Gasteiger partial charge in [0.2, 0.25) is 0 Å². The van der Waals surface area contributed by atoms with E-state index in [4.69, 9.17) is 5.11 Å². The van der Waals surface area contributed by atoms with Crippen LogP contribution in [0.2, 0.25) is 0 Å². The predicted molar refractivity (Wildman–Crippen MR) is 80.8 cm³/mol. The van der Waals surface area contributed by atoms with E-state index in [0.717, 1.165) is 11.1 Å². The molecule has 0 unspecified atom stereocenters. The van der Waals surface area contributed by atoms with Crippen molar-refractivity contribution in [3.8, 4) is 0 Å². The van der Waals surface area contributed by atoms with Crippen LogP contribution in [0.1, 0.15) is 21.5 Å². The minimum Gasteiger partial charge on any atom is -0.477 e. The molecule has 1 N–H and O–H groups in total. The van der Waals surface area contributed by atoms with Crippen molar-refractivity contribution in [3.05, 3.63) is 69.3 Å². The van der Waals surface area contributed by atoms with Crippen molar-refractivity contribution in [2.75, 3.05) is 0 Å². The van der Waals surface area contributed by atoms with Crippen LogP contribution in [-0.2, 0) is 5.75 Å². The summed E-state index contributed by atoms with van der Waals surface area (Å²) in [5.41, 5.74) is 1.54. The number of thioether (sulfide) groups is 1. The van der Waals surface area contributed by atoms with Crippen LogP contribution >= 0.6 is 11.8 Å². The SMILES string of the molecule is Cc1ccccc1CSc1cccc(C(=O)O)c1[N+](=O)[O-]. The monoisotopic (exact) mass is 303 g/mol. The number of rotatable bonds is 5. The summed E-state index contributed by atoms with van der Waals surface area (Å²) < 4.78 is 0. The Bertz CT molecular complexity index is 700. The van der Waals surface area contributed by atoms with Gasteiger partial charge in [0.15, 0.2) is 0 Å². The first-order valence-corrected chi connectivity index (χ1v) is 7.17. The lowest BCUT2D eigenvalue weighted by Gasteiger charge is -2.07. The number of para-hydroxylation sites is 1. The number of nitro benzene ring substituents is 1. The second-order valence-electron chi connectivity index (χ2n) is 4.43. The molecule has 0 spiro atoms. The number of hydrogen-bond donors (Lipinski definition) is 1. The predicted octanol–water partition coefficient (Wildman–Crippen LogP) is 3.89. The van der Waals surface area contributed by atoms with Crippen LogP contribution < -0.4 is 0 Å². The molecule has 0 fully saturated rings. The van der Waals surface area contributed by atoms with E-state index in [2.05, 4.69) is 0 Å². The van der Waals surface area contributed by atoms with Crippen LogP contribution in [0.15, 0.2) is 47.4 Å². The second-order valence-corrected chi connectivity index (χ2v) is 5.45. The molecule has 0 heterocycles. The highest BCUT2D eigenvalue weighted by Gasteiger charge is 2.24. The van der Waals surface area contributed by atoms with E-state index in [-0.39, 0.29) is 11.3 Å². The zero-order chi connectivity index (χ0) is 15.4. The van der Waals surface area contributed by atoms with Gasteiger partial charge in [-0.05, 0) is 30.2 Å². The van der Waals surface area contributed by atoms with E-state index >= 15 is 0 Å². The molecule has 0 amide bonds. The van der Waals surface area contributed by atoms with Gasteiger partial charge in [-0.25, -0.2) is 4.79 Å². The van der Waals surface area contributed by atoms with Crippen LogP contribution in [0, 0.1) is 17.0 Å². The Balaban J connectivity index is 2.32. The minimum atomic E-state index is -1.29. The zero-order valence-corrected chi connectivity index (χ0v) is 12.1. The van der Waals surface area contributed by atoms with Gasteiger partial charge in [-0.2, -0.15) is 0 Å². The summed E-state index contributed by atoms with van der Waals surface area (Å²) in [5, 5.41) is 20.2. The molecule has 0 aliphatic carbocycles. The first-order chi connectivity index (χ1) is 10.0. The van der Waals surface area contributed by atoms with Crippen molar-refractivity contribution >= 4 is 23.4 Å². The van der Waals surface area contributed by atoms with Gasteiger partial charge >= 0.3 is 5.97 Å². The molecule has 5 nitrogen and oxygen atoms in total. The van der Waals surface area contributed by atoms with Crippen LogP contribution in [-0.4, -0.2) is 16.0 Å². The normalized spacial score (nSPS) is 10.3. The lowest BCUT2D eigenvalue weighted by Crippen LogP contribution is -2.03. The fourth-order valence-electron chi connectivity index (χ4n) is 1.93. The molecule has 108 valence electrons. The fourth-order valence-corrected chi connectivity index (χ4v) is 3.06. The summed E-state index contributed by atoms with van der Waals surface area (Å²) >= 11 is 1.27. The molecule has 0 radical (unpaired) electrons. The largest absolute Gasteiger partial charge is 0.477 e. The van der Waals surface area contributed by atoms with E-state index < -0.39 is 10.9 Å². The molecule has 0 aliphatic heterocycles. The van der Waals surface area contributed by atoms with E-state index in [1.165, 1.54) is 23.9 Å². The smallest absolute Gasteiger partial charge is 0.342 e. The number of aryl methyl sites for hydroxylation is 1. The van der Waals surface area contributed by atoms with Gasteiger partial charge in [0.25, 0.3) is 5.69 Å². The summed E-state index contributed by atoms with van der Waals surface area (Å²) in [6.07, 6.45) is 0. The summed E-state index contributed by atoms with van der Waals surface area (Å²) in [6.45, 7) is 1.97. The Morgan fingerprint density at radius 2 is 1.95 bits per heavy atom. The number of aromatic carboxylic acids is 1. The average Bonchev–Trinajstić information content (AvgIpc) is 2.45. The molecule has 2 aromatic carbocycles. The molecule has 2 aromatic rings. The van der Waals surface area contributed by atoms with E-state index in [1.807, 2.05) is 31.2 Å². The number of carboxylic acids is 1. The van der Waals surface area contributed by atoms with Crippen molar-refractivity contribution in [2.24, 2.45) is 0 Å². The van der Waals surface area contributed by atoms with Crippen molar-refractivity contribution in [3.63, 3.8) is 0 Å². The third kappa shape index (κ3) is 3.41. The fraction of sp³-hybridized carbons (Fsp3) is 0.133. The first kappa shape index (κ1) is 15.1. The Morgan fingerprint density at radius 1 is 1.24 bits per heavy atom. The van der Waals surface area contributed by atoms with E-state index in [9.17, 15) is 14.9 Å². The van der Waals surface area contributed by atoms with Gasteiger partial charge in [0.05, 0.1) is 9.82 Å². The molecule has 0 saturated heterocycles. The highest BCUT2D eigenvalue weighted by molar-refractivity contribution is 7.98. The van der Waals surface area contributed by atoms with Crippen LogP contribution in [0.25, 0.3) is 0 Å². The third-order valence-electron chi connectivity index (χ3n) is 3.06. The summed E-state index contributed by atoms with van der Waals surface area (Å²) in [7, 11) is 0. The number of hydrogen-bond acceptors (Lipinski definition) is 4. The standard InChI is InChI=1S/C15H13NO4S/c1-10-5-2-3-6-11(10)9-21-13-8-4-7-12(15(17)18)14(13)16(19)20/h2-8H,9H2,1H3,(H,17,18). The summed E-state index contributed by atoms with van der Waals surface area (Å²) in [4.78, 5) is 22.0. The van der Waals surface area contributed by atoms with Crippen LogP contribution in [0.4, 0.5) is 5.69 Å². The number of carboxylic acid groups (broad SMARTS) is 1. The van der Waals surface area contributed by atoms with Crippen molar-refractivity contribution < 1.29 is 14.8 Å². The van der Waals surface area contributed by atoms with Gasteiger partial charge in [0.1, 0.15) is 5.56 Å². The maximum atomic E-state index is 11.2. The van der Waals surface area contributed by atoms with Crippen molar-refractivity contribution in [1.82, 2.24) is 0 Å². The zero-order valence-electron chi connectivity index (χ0n) is 11.3. The Labute approximate surface area is 125 Å². The van der Waals surface area contributed by atoms with Gasteiger partial charge < -0.3 is 5.11 Å². The van der Waals surface area contributed by atoms with Crippen LogP contribution in [0.3, 0.4) is 0 Å². The highest BCUT2D eigenvalue weighted by atomic mass is 32.2. The molecule has 6 heteroatoms. The number of nitrogens with zero attached hydrogens (tertiary/aromatic N) is 1. The Hall–Kier alpha value is -2.34. The molecule has 0 aromatic heterocycles. The molecular weight excluding hydrogens is 290 g/mol. The Morgan fingerprint density at radius 3 is 2.57 bits per heavy atom. The van der Waals surface area contributed by atoms with Gasteiger partial charge in [0, 0.05) is 5.75 Å². The maximum absolute atomic E-state index is 11.2. The van der Waals surface area contributed by atoms with Crippen molar-refractivity contribution in [1.29, 1.82) is 0 Å². The first-order valence-electron chi connectivity index (χ1n) is 6.18. The van der Waals surface area contributed by atoms with Crippen LogP contribution in [0.5, 0.6) is 0 Å². The van der Waals surface area contributed by atoms with Gasteiger partial charge in [-0.3, -0.25) is 10.1 Å². The highest BCUT2D eigenvalue weighted by Crippen LogP contribution is 2.34. The lowest BCUT2D eigenvalue weighted by atomic mass is 10.1. The minimum absolute atomic E-state index is 0.283. The van der Waals surface area contributed by atoms with Crippen molar-refractivity contribution in [2.45, 2.75) is 17.6 Å². The van der Waals surface area contributed by atoms with Gasteiger partial charge in [-0.1, -0.05) is 30.3 Å². The Kier molecular flexibility index (Phi) is 4.59. The molecular formula is C15H13NO4S. The maximum Gasteiger partial charge on any atom is 0.342 e. The molecule has 0 saturated carbocycles. The summed E-state index contributed by atoms with van der Waals surface area (Å²) in [5.74, 6) is -0.739. The summed E-state index contributed by atoms with van der Waals surface area (Å²) in [6, 6.07) is 12.1. The second kappa shape index (κ2) is 6.41. The van der Waals surface area contributed by atoms with Gasteiger partial charge in [-0.15, -0.1) is 11.8 Å². The molecule has 0 atom stereocenters. The van der Waals surface area contributed by atoms with E-state index in [1.54, 1.807) is 6.07 Å². The third-order valence-corrected chi connectivity index (χ3v) is 4.15. The topological polar surface area (TPSA) is 80.4 Å². The average molecular weight is 303 g/mol. The number of carbonyl (C=O) groups is 1. The molecule has 0 bridgehead atoms. The lowest BCUT2D eigenvalue weighted by molar-refractivity contribution is -0.388. The quantitative estimate of drug-likeness (QED) is 0.515. The molecule has 0 aliphatic rings. The number of benzene rings is 2. The molecule has 2 rings (SSSR count).